The number of rotatable bonds is 5. The molecule has 3 aromatic rings. The minimum absolute atomic E-state index is 0.239. The van der Waals surface area contributed by atoms with E-state index in [-0.39, 0.29) is 23.5 Å². The number of hydrogen-bond acceptors (Lipinski definition) is 7. The summed E-state index contributed by atoms with van der Waals surface area (Å²) < 4.78 is 47.5. The van der Waals surface area contributed by atoms with Crippen LogP contribution in [0.2, 0.25) is 0 Å². The molecule has 1 fully saturated rings. The van der Waals surface area contributed by atoms with Crippen LogP contribution in [0.4, 0.5) is 19.0 Å². The van der Waals surface area contributed by atoms with Gasteiger partial charge in [-0.05, 0) is 23.8 Å². The van der Waals surface area contributed by atoms with Crippen molar-refractivity contribution in [2.45, 2.75) is 12.7 Å². The van der Waals surface area contributed by atoms with Crippen LogP contribution in [0.15, 0.2) is 47.1 Å². The highest BCUT2D eigenvalue weighted by molar-refractivity contribution is 5.95. The first kappa shape index (κ1) is 20.8. The number of nitrogens with one attached hydrogen (secondary N) is 1. The van der Waals surface area contributed by atoms with Gasteiger partial charge in [0.1, 0.15) is 5.82 Å². The van der Waals surface area contributed by atoms with Crippen LogP contribution in [-0.2, 0) is 17.5 Å². The molecule has 11 heteroatoms. The second kappa shape index (κ2) is 8.72. The van der Waals surface area contributed by atoms with Gasteiger partial charge in [-0.15, -0.1) is 0 Å². The molecule has 1 N–H and O–H groups in total. The van der Waals surface area contributed by atoms with Gasteiger partial charge in [0, 0.05) is 37.0 Å². The minimum Gasteiger partial charge on any atom is -0.378 e. The van der Waals surface area contributed by atoms with E-state index < -0.39 is 18.0 Å². The van der Waals surface area contributed by atoms with Crippen molar-refractivity contribution < 1.29 is 27.2 Å². The average Bonchev–Trinajstić information content (AvgIpc) is 3.30. The lowest BCUT2D eigenvalue weighted by Gasteiger charge is -2.27. The number of benzene rings is 1. The van der Waals surface area contributed by atoms with Crippen molar-refractivity contribution >= 4 is 11.7 Å². The van der Waals surface area contributed by atoms with Crippen LogP contribution in [0, 0.1) is 0 Å². The summed E-state index contributed by atoms with van der Waals surface area (Å²) in [5.41, 5.74) is 1.31. The number of pyridine rings is 1. The number of carbonyl (C=O) groups is 1. The fourth-order valence-electron chi connectivity index (χ4n) is 3.04. The summed E-state index contributed by atoms with van der Waals surface area (Å²) in [5, 5.41) is 6.10. The van der Waals surface area contributed by atoms with Gasteiger partial charge in [-0.3, -0.25) is 4.79 Å². The molecule has 2 aromatic heterocycles. The summed E-state index contributed by atoms with van der Waals surface area (Å²) in [4.78, 5) is 22.4. The molecule has 31 heavy (non-hydrogen) atoms. The standard InChI is InChI=1S/C20H18F3N5O3/c21-20(22,23)19-26-17(27-31-19)14-2-1-3-15(10-14)18(29)25-12-13-4-5-16(24-11-13)28-6-8-30-9-7-28/h1-5,10-11H,6-9,12H2,(H,25,29). The van der Waals surface area contributed by atoms with Crippen molar-refractivity contribution in [1.82, 2.24) is 20.4 Å². The Balaban J connectivity index is 1.39. The molecule has 0 saturated carbocycles. The number of aromatic nitrogens is 3. The summed E-state index contributed by atoms with van der Waals surface area (Å²) in [6.07, 6.45) is -3.04. The van der Waals surface area contributed by atoms with Crippen LogP contribution in [0.1, 0.15) is 21.8 Å². The molecule has 1 amide bonds. The average molecular weight is 433 g/mol. The number of morpholine rings is 1. The lowest BCUT2D eigenvalue weighted by Crippen LogP contribution is -2.36. The Bertz CT molecular complexity index is 1050. The molecule has 0 atom stereocenters. The second-order valence-corrected chi connectivity index (χ2v) is 6.81. The smallest absolute Gasteiger partial charge is 0.378 e. The van der Waals surface area contributed by atoms with Gasteiger partial charge < -0.3 is 19.5 Å². The topological polar surface area (TPSA) is 93.4 Å². The Morgan fingerprint density at radius 1 is 1.16 bits per heavy atom. The number of amides is 1. The molecule has 0 bridgehead atoms. The summed E-state index contributed by atoms with van der Waals surface area (Å²) in [7, 11) is 0. The fourth-order valence-corrected chi connectivity index (χ4v) is 3.04. The fraction of sp³-hybridized carbons (Fsp3) is 0.300. The molecule has 8 nitrogen and oxygen atoms in total. The third-order valence-corrected chi connectivity index (χ3v) is 4.65. The second-order valence-electron chi connectivity index (χ2n) is 6.81. The van der Waals surface area contributed by atoms with Crippen LogP contribution in [0.25, 0.3) is 11.4 Å². The predicted molar refractivity (Wildman–Crippen MR) is 103 cm³/mol. The highest BCUT2D eigenvalue weighted by atomic mass is 19.4. The van der Waals surface area contributed by atoms with Crippen LogP contribution < -0.4 is 10.2 Å². The number of nitrogens with zero attached hydrogens (tertiary/aromatic N) is 4. The molecule has 0 spiro atoms. The van der Waals surface area contributed by atoms with Gasteiger partial charge in [0.05, 0.1) is 13.2 Å². The Labute approximate surface area is 175 Å². The molecule has 3 heterocycles. The van der Waals surface area contributed by atoms with Gasteiger partial charge in [0.15, 0.2) is 0 Å². The molecule has 162 valence electrons. The number of ether oxygens (including phenoxy) is 1. The zero-order valence-electron chi connectivity index (χ0n) is 16.2. The lowest BCUT2D eigenvalue weighted by molar-refractivity contribution is -0.159. The SMILES string of the molecule is O=C(NCc1ccc(N2CCOCC2)nc1)c1cccc(-c2noc(C(F)(F)F)n2)c1. The molecule has 4 rings (SSSR count). The van der Waals surface area contributed by atoms with Gasteiger partial charge in [0.25, 0.3) is 5.91 Å². The van der Waals surface area contributed by atoms with Crippen molar-refractivity contribution in [3.63, 3.8) is 0 Å². The van der Waals surface area contributed by atoms with Crippen molar-refractivity contribution in [1.29, 1.82) is 0 Å². The monoisotopic (exact) mass is 433 g/mol. The molecule has 1 aliphatic heterocycles. The summed E-state index contributed by atoms with van der Waals surface area (Å²) >= 11 is 0. The van der Waals surface area contributed by atoms with E-state index in [9.17, 15) is 18.0 Å². The number of halogens is 3. The first-order valence-electron chi connectivity index (χ1n) is 9.47. The first-order chi connectivity index (χ1) is 14.9. The van der Waals surface area contributed by atoms with E-state index in [1.807, 2.05) is 12.1 Å². The third kappa shape index (κ3) is 5.00. The van der Waals surface area contributed by atoms with Gasteiger partial charge >= 0.3 is 12.1 Å². The van der Waals surface area contributed by atoms with Crippen molar-refractivity contribution in [2.24, 2.45) is 0 Å². The van der Waals surface area contributed by atoms with Crippen molar-refractivity contribution in [3.05, 3.63) is 59.6 Å². The molecule has 0 radical (unpaired) electrons. The predicted octanol–water partition coefficient (Wildman–Crippen LogP) is 2.92. The summed E-state index contributed by atoms with van der Waals surface area (Å²) in [6.45, 7) is 3.15. The highest BCUT2D eigenvalue weighted by Crippen LogP contribution is 2.29. The molecular weight excluding hydrogens is 415 g/mol. The number of carbonyl (C=O) groups excluding carboxylic acids is 1. The zero-order chi connectivity index (χ0) is 21.8. The largest absolute Gasteiger partial charge is 0.471 e. The Morgan fingerprint density at radius 2 is 1.97 bits per heavy atom. The molecule has 0 unspecified atom stereocenters. The minimum atomic E-state index is -4.73. The maximum absolute atomic E-state index is 12.6. The molecular formula is C20H18F3N5O3. The Hall–Kier alpha value is -3.47. The van der Waals surface area contributed by atoms with Gasteiger partial charge in [-0.25, -0.2) is 4.98 Å². The van der Waals surface area contributed by atoms with Crippen LogP contribution in [0.5, 0.6) is 0 Å². The maximum atomic E-state index is 12.6. The third-order valence-electron chi connectivity index (χ3n) is 4.65. The number of alkyl halides is 3. The summed E-state index contributed by atoms with van der Waals surface area (Å²) in [5.74, 6) is -1.22. The zero-order valence-corrected chi connectivity index (χ0v) is 16.2. The van der Waals surface area contributed by atoms with Crippen LogP contribution in [-0.4, -0.2) is 47.3 Å². The number of hydrogen-bond donors (Lipinski definition) is 1. The van der Waals surface area contributed by atoms with Crippen molar-refractivity contribution in [2.75, 3.05) is 31.2 Å². The lowest BCUT2D eigenvalue weighted by atomic mass is 10.1. The van der Waals surface area contributed by atoms with E-state index in [1.54, 1.807) is 12.3 Å². The van der Waals surface area contributed by atoms with Crippen molar-refractivity contribution in [3.8, 4) is 11.4 Å². The van der Waals surface area contributed by atoms with Gasteiger partial charge in [0.2, 0.25) is 5.82 Å². The molecule has 1 aromatic carbocycles. The van der Waals surface area contributed by atoms with Crippen LogP contribution in [0.3, 0.4) is 0 Å². The molecule has 1 aliphatic rings. The van der Waals surface area contributed by atoms with E-state index in [1.165, 1.54) is 18.2 Å². The molecule has 1 saturated heterocycles. The van der Waals surface area contributed by atoms with E-state index in [4.69, 9.17) is 4.74 Å². The molecule has 0 aliphatic carbocycles. The van der Waals surface area contributed by atoms with Crippen LogP contribution >= 0.6 is 0 Å². The first-order valence-corrected chi connectivity index (χ1v) is 9.47. The summed E-state index contributed by atoms with van der Waals surface area (Å²) in [6, 6.07) is 9.75. The van der Waals surface area contributed by atoms with E-state index in [0.29, 0.717) is 13.2 Å². The van der Waals surface area contributed by atoms with Gasteiger partial charge in [-0.2, -0.15) is 18.2 Å². The number of anilines is 1. The Kier molecular flexibility index (Phi) is 5.85. The quantitative estimate of drug-likeness (QED) is 0.661. The maximum Gasteiger partial charge on any atom is 0.471 e. The Morgan fingerprint density at radius 3 is 2.65 bits per heavy atom. The van der Waals surface area contributed by atoms with E-state index in [2.05, 4.69) is 29.9 Å². The van der Waals surface area contributed by atoms with Gasteiger partial charge in [-0.1, -0.05) is 23.4 Å². The normalized spacial score (nSPS) is 14.5. The van der Waals surface area contributed by atoms with E-state index in [0.717, 1.165) is 24.5 Å². The van der Waals surface area contributed by atoms with E-state index >= 15 is 0 Å². The highest BCUT2D eigenvalue weighted by Gasteiger charge is 2.38.